The van der Waals surface area contributed by atoms with Gasteiger partial charge >= 0.3 is 0 Å². The number of aliphatic hydroxyl groups excluding tert-OH is 1. The number of aliphatic hydroxyl groups is 1. The standard InChI is InChI=1S/C27H31NO2/c1-20-16-22(17-27(19-29)14-7-15-28-27)12-13-26(20)30-18-24-10-6-11-25(21(24)2)23-8-4-3-5-9-23/h3-6,8-13,16,28-29H,7,14-15,17-19H2,1-2H3/t27-/m0/s1. The van der Waals surface area contributed by atoms with Crippen molar-refractivity contribution >= 4 is 0 Å². The van der Waals surface area contributed by atoms with E-state index in [0.717, 1.165) is 37.1 Å². The second-order valence-electron chi connectivity index (χ2n) is 8.49. The molecule has 1 aliphatic rings. The van der Waals surface area contributed by atoms with Gasteiger partial charge in [0.2, 0.25) is 0 Å². The average Bonchev–Trinajstić information content (AvgIpc) is 3.24. The van der Waals surface area contributed by atoms with Crippen molar-refractivity contribution in [2.45, 2.75) is 45.3 Å². The van der Waals surface area contributed by atoms with Gasteiger partial charge < -0.3 is 15.2 Å². The summed E-state index contributed by atoms with van der Waals surface area (Å²) in [5.41, 5.74) is 7.16. The van der Waals surface area contributed by atoms with Crippen LogP contribution in [0, 0.1) is 13.8 Å². The minimum absolute atomic E-state index is 0.163. The third-order valence-corrected chi connectivity index (χ3v) is 6.33. The summed E-state index contributed by atoms with van der Waals surface area (Å²) in [6, 6.07) is 23.3. The van der Waals surface area contributed by atoms with Crippen LogP contribution in [-0.4, -0.2) is 23.8 Å². The van der Waals surface area contributed by atoms with E-state index in [1.807, 2.05) is 6.07 Å². The average molecular weight is 402 g/mol. The van der Waals surface area contributed by atoms with Gasteiger partial charge in [0.15, 0.2) is 0 Å². The summed E-state index contributed by atoms with van der Waals surface area (Å²) in [5.74, 6) is 0.917. The summed E-state index contributed by atoms with van der Waals surface area (Å²) in [5, 5.41) is 13.3. The molecule has 0 saturated carbocycles. The van der Waals surface area contributed by atoms with Crippen molar-refractivity contribution in [1.82, 2.24) is 5.32 Å². The number of nitrogens with one attached hydrogen (secondary N) is 1. The van der Waals surface area contributed by atoms with Crippen molar-refractivity contribution in [3.05, 3.63) is 89.0 Å². The molecule has 0 aromatic heterocycles. The normalized spacial score (nSPS) is 18.5. The highest BCUT2D eigenvalue weighted by Crippen LogP contribution is 2.29. The summed E-state index contributed by atoms with van der Waals surface area (Å²) < 4.78 is 6.21. The lowest BCUT2D eigenvalue weighted by atomic mass is 9.89. The van der Waals surface area contributed by atoms with Crippen molar-refractivity contribution in [3.63, 3.8) is 0 Å². The lowest BCUT2D eigenvalue weighted by Crippen LogP contribution is -2.45. The predicted octanol–water partition coefficient (Wildman–Crippen LogP) is 5.21. The fraction of sp³-hybridized carbons (Fsp3) is 0.333. The Morgan fingerprint density at radius 2 is 1.83 bits per heavy atom. The molecule has 0 bridgehead atoms. The van der Waals surface area contributed by atoms with Crippen molar-refractivity contribution in [2.75, 3.05) is 13.2 Å². The molecule has 3 aromatic rings. The fourth-order valence-corrected chi connectivity index (χ4v) is 4.51. The molecule has 1 aliphatic heterocycles. The molecule has 2 N–H and O–H groups in total. The summed E-state index contributed by atoms with van der Waals surface area (Å²) in [4.78, 5) is 0. The summed E-state index contributed by atoms with van der Waals surface area (Å²) >= 11 is 0. The largest absolute Gasteiger partial charge is 0.489 e. The maximum absolute atomic E-state index is 9.86. The van der Waals surface area contributed by atoms with Gasteiger partial charge in [-0.05, 0) is 79.1 Å². The number of ether oxygens (including phenoxy) is 1. The molecule has 3 heteroatoms. The molecule has 1 fully saturated rings. The number of hydrogen-bond donors (Lipinski definition) is 2. The number of aryl methyl sites for hydroxylation is 1. The molecule has 0 radical (unpaired) electrons. The zero-order valence-electron chi connectivity index (χ0n) is 17.9. The molecule has 0 amide bonds. The molecule has 3 aromatic carbocycles. The van der Waals surface area contributed by atoms with E-state index in [9.17, 15) is 5.11 Å². The van der Waals surface area contributed by atoms with Crippen LogP contribution in [0.4, 0.5) is 0 Å². The molecular formula is C27H31NO2. The Bertz CT molecular complexity index is 991. The summed E-state index contributed by atoms with van der Waals surface area (Å²) in [7, 11) is 0. The SMILES string of the molecule is Cc1cc(C[C@]2(CO)CCCN2)ccc1OCc1cccc(-c2ccccc2)c1C. The van der Waals surface area contributed by atoms with Gasteiger partial charge in [0.25, 0.3) is 0 Å². The minimum atomic E-state index is -0.163. The van der Waals surface area contributed by atoms with E-state index in [1.54, 1.807) is 0 Å². The van der Waals surface area contributed by atoms with E-state index in [1.165, 1.54) is 27.8 Å². The molecule has 0 aliphatic carbocycles. The van der Waals surface area contributed by atoms with E-state index in [2.05, 4.69) is 79.8 Å². The van der Waals surface area contributed by atoms with Crippen LogP contribution in [0.5, 0.6) is 5.75 Å². The Morgan fingerprint density at radius 1 is 1.00 bits per heavy atom. The zero-order valence-corrected chi connectivity index (χ0v) is 17.9. The highest BCUT2D eigenvalue weighted by atomic mass is 16.5. The van der Waals surface area contributed by atoms with Crippen LogP contribution in [0.15, 0.2) is 66.7 Å². The Kier molecular flexibility index (Phi) is 6.21. The van der Waals surface area contributed by atoms with Crippen LogP contribution in [0.3, 0.4) is 0 Å². The molecule has 30 heavy (non-hydrogen) atoms. The Labute approximate surface area is 179 Å². The lowest BCUT2D eigenvalue weighted by Gasteiger charge is -2.27. The van der Waals surface area contributed by atoms with E-state index in [0.29, 0.717) is 6.61 Å². The van der Waals surface area contributed by atoms with Gasteiger partial charge in [0, 0.05) is 5.54 Å². The topological polar surface area (TPSA) is 41.5 Å². The maximum Gasteiger partial charge on any atom is 0.122 e. The van der Waals surface area contributed by atoms with E-state index in [4.69, 9.17) is 4.74 Å². The Balaban J connectivity index is 1.47. The zero-order chi connectivity index (χ0) is 21.0. The molecule has 1 heterocycles. The third kappa shape index (κ3) is 4.43. The monoisotopic (exact) mass is 401 g/mol. The van der Waals surface area contributed by atoms with Crippen LogP contribution in [0.1, 0.15) is 35.1 Å². The molecule has 156 valence electrons. The highest BCUT2D eigenvalue weighted by Gasteiger charge is 2.32. The lowest BCUT2D eigenvalue weighted by molar-refractivity contribution is 0.177. The second kappa shape index (κ2) is 9.03. The third-order valence-electron chi connectivity index (χ3n) is 6.33. The molecule has 1 atom stereocenters. The number of hydrogen-bond acceptors (Lipinski definition) is 3. The molecule has 3 nitrogen and oxygen atoms in total. The summed E-state index contributed by atoms with van der Waals surface area (Å²) in [6.07, 6.45) is 3.00. The van der Waals surface area contributed by atoms with Gasteiger partial charge in [-0.2, -0.15) is 0 Å². The van der Waals surface area contributed by atoms with Crippen LogP contribution < -0.4 is 10.1 Å². The first-order valence-corrected chi connectivity index (χ1v) is 10.8. The molecule has 0 unspecified atom stereocenters. The van der Waals surface area contributed by atoms with Crippen LogP contribution in [0.25, 0.3) is 11.1 Å². The van der Waals surface area contributed by atoms with Crippen LogP contribution >= 0.6 is 0 Å². The van der Waals surface area contributed by atoms with Crippen molar-refractivity contribution in [3.8, 4) is 16.9 Å². The first kappa shape index (κ1) is 20.6. The smallest absolute Gasteiger partial charge is 0.122 e. The quantitative estimate of drug-likeness (QED) is 0.571. The van der Waals surface area contributed by atoms with Gasteiger partial charge in [-0.25, -0.2) is 0 Å². The van der Waals surface area contributed by atoms with Gasteiger partial charge in [0.1, 0.15) is 12.4 Å². The van der Waals surface area contributed by atoms with Gasteiger partial charge in [-0.15, -0.1) is 0 Å². The first-order chi connectivity index (χ1) is 14.6. The molecule has 1 saturated heterocycles. The van der Waals surface area contributed by atoms with Crippen LogP contribution in [-0.2, 0) is 13.0 Å². The van der Waals surface area contributed by atoms with E-state index in [-0.39, 0.29) is 12.1 Å². The predicted molar refractivity (Wildman–Crippen MR) is 123 cm³/mol. The first-order valence-electron chi connectivity index (χ1n) is 10.8. The number of benzene rings is 3. The highest BCUT2D eigenvalue weighted by molar-refractivity contribution is 5.68. The van der Waals surface area contributed by atoms with Crippen molar-refractivity contribution in [1.29, 1.82) is 0 Å². The van der Waals surface area contributed by atoms with E-state index >= 15 is 0 Å². The Hall–Kier alpha value is -2.62. The van der Waals surface area contributed by atoms with Crippen molar-refractivity contribution in [2.24, 2.45) is 0 Å². The van der Waals surface area contributed by atoms with Gasteiger partial charge in [0.05, 0.1) is 6.61 Å². The van der Waals surface area contributed by atoms with Crippen molar-refractivity contribution < 1.29 is 9.84 Å². The fourth-order valence-electron chi connectivity index (χ4n) is 4.51. The maximum atomic E-state index is 9.86. The van der Waals surface area contributed by atoms with Gasteiger partial charge in [-0.3, -0.25) is 0 Å². The molecule has 0 spiro atoms. The number of rotatable bonds is 7. The Morgan fingerprint density at radius 3 is 2.53 bits per heavy atom. The minimum Gasteiger partial charge on any atom is -0.489 e. The van der Waals surface area contributed by atoms with E-state index < -0.39 is 0 Å². The van der Waals surface area contributed by atoms with Crippen LogP contribution in [0.2, 0.25) is 0 Å². The second-order valence-corrected chi connectivity index (χ2v) is 8.49. The molecular weight excluding hydrogens is 370 g/mol. The van der Waals surface area contributed by atoms with Gasteiger partial charge in [-0.1, -0.05) is 60.7 Å². The summed E-state index contributed by atoms with van der Waals surface area (Å²) in [6.45, 7) is 5.98. The molecule has 4 rings (SSSR count).